The Bertz CT molecular complexity index is 363. The minimum Gasteiger partial charge on any atom is -0.321 e. The Hall–Kier alpha value is -1.09. The summed E-state index contributed by atoms with van der Waals surface area (Å²) in [5.74, 6) is 0. The Balaban J connectivity index is 2.59. The molecule has 3 heteroatoms. The maximum Gasteiger partial charge on any atom is 0.255 e. The fourth-order valence-electron chi connectivity index (χ4n) is 1.38. The third-order valence-corrected chi connectivity index (χ3v) is 2.45. The second kappa shape index (κ2) is 2.20. The molecule has 0 saturated heterocycles. The largest absolute Gasteiger partial charge is 0.321 e. The lowest BCUT2D eigenvalue weighted by molar-refractivity contribution is 0.701. The van der Waals surface area contributed by atoms with Crippen LogP contribution in [-0.4, -0.2) is 4.57 Å². The molecular weight excluding hydrogens is 152 g/mol. The summed E-state index contributed by atoms with van der Waals surface area (Å²) in [7, 11) is 1.75. The Morgan fingerprint density at radius 3 is 2.83 bits per heavy atom. The maximum atomic E-state index is 11.5. The molecule has 0 aromatic carbocycles. The lowest BCUT2D eigenvalue weighted by Crippen LogP contribution is -2.31. The van der Waals surface area contributed by atoms with Gasteiger partial charge in [-0.3, -0.25) is 4.79 Å². The van der Waals surface area contributed by atoms with E-state index in [4.69, 9.17) is 5.73 Å². The zero-order valence-electron chi connectivity index (χ0n) is 7.08. The summed E-state index contributed by atoms with van der Waals surface area (Å²) in [6.45, 7) is 0. The molecule has 0 spiro atoms. The molecule has 1 aromatic heterocycles. The first-order valence-corrected chi connectivity index (χ1v) is 4.08. The summed E-state index contributed by atoms with van der Waals surface area (Å²) in [6.07, 6.45) is 3.62. The molecule has 1 aliphatic carbocycles. The quantitative estimate of drug-likeness (QED) is 0.650. The average molecular weight is 164 g/mol. The van der Waals surface area contributed by atoms with Crippen molar-refractivity contribution in [2.24, 2.45) is 12.8 Å². The molecule has 3 nitrogen and oxygen atoms in total. The van der Waals surface area contributed by atoms with Crippen molar-refractivity contribution >= 4 is 0 Å². The molecule has 1 heterocycles. The van der Waals surface area contributed by atoms with Crippen LogP contribution in [0.4, 0.5) is 0 Å². The number of aromatic nitrogens is 1. The highest BCUT2D eigenvalue weighted by molar-refractivity contribution is 5.26. The van der Waals surface area contributed by atoms with Gasteiger partial charge in [-0.15, -0.1) is 0 Å². The molecule has 2 N–H and O–H groups in total. The molecular formula is C9H12N2O. The van der Waals surface area contributed by atoms with Crippen LogP contribution in [0.15, 0.2) is 23.1 Å². The lowest BCUT2D eigenvalue weighted by Gasteiger charge is -2.08. The normalized spacial score (nSPS) is 19.2. The van der Waals surface area contributed by atoms with Gasteiger partial charge in [0.1, 0.15) is 0 Å². The van der Waals surface area contributed by atoms with Crippen LogP contribution in [0.3, 0.4) is 0 Å². The lowest BCUT2D eigenvalue weighted by atomic mass is 10.1. The molecule has 0 radical (unpaired) electrons. The second-order valence-electron chi connectivity index (χ2n) is 3.49. The van der Waals surface area contributed by atoms with Gasteiger partial charge in [0.25, 0.3) is 5.56 Å². The maximum absolute atomic E-state index is 11.5. The van der Waals surface area contributed by atoms with Crippen molar-refractivity contribution < 1.29 is 0 Å². The molecule has 0 atom stereocenters. The van der Waals surface area contributed by atoms with Gasteiger partial charge in [0, 0.05) is 24.3 Å². The Kier molecular flexibility index (Phi) is 1.38. The van der Waals surface area contributed by atoms with Crippen LogP contribution < -0.4 is 11.3 Å². The first-order chi connectivity index (χ1) is 5.63. The number of aryl methyl sites for hydroxylation is 1. The van der Waals surface area contributed by atoms with E-state index >= 15 is 0 Å². The molecule has 12 heavy (non-hydrogen) atoms. The molecule has 0 aliphatic heterocycles. The van der Waals surface area contributed by atoms with Crippen molar-refractivity contribution in [1.29, 1.82) is 0 Å². The smallest absolute Gasteiger partial charge is 0.255 e. The Labute approximate surface area is 70.8 Å². The van der Waals surface area contributed by atoms with E-state index in [-0.39, 0.29) is 11.1 Å². The molecule has 1 aliphatic rings. The molecule has 1 saturated carbocycles. The van der Waals surface area contributed by atoms with E-state index in [0.29, 0.717) is 0 Å². The number of nitrogens with two attached hydrogens (primary N) is 1. The van der Waals surface area contributed by atoms with Crippen LogP contribution in [0, 0.1) is 0 Å². The first-order valence-electron chi connectivity index (χ1n) is 4.08. The number of nitrogens with zero attached hydrogens (tertiary/aromatic N) is 1. The number of hydrogen-bond acceptors (Lipinski definition) is 2. The monoisotopic (exact) mass is 164 g/mol. The van der Waals surface area contributed by atoms with E-state index in [2.05, 4.69) is 0 Å². The van der Waals surface area contributed by atoms with Crippen molar-refractivity contribution in [1.82, 2.24) is 4.57 Å². The molecule has 0 amide bonds. The summed E-state index contributed by atoms with van der Waals surface area (Å²) in [5.41, 5.74) is 6.41. The highest BCUT2D eigenvalue weighted by Crippen LogP contribution is 2.40. The minimum atomic E-state index is -0.309. The number of pyridine rings is 1. The van der Waals surface area contributed by atoms with Crippen LogP contribution in [0.2, 0.25) is 0 Å². The third kappa shape index (κ3) is 0.975. The summed E-state index contributed by atoms with van der Waals surface area (Å²) in [5, 5.41) is 0. The topological polar surface area (TPSA) is 48.0 Å². The van der Waals surface area contributed by atoms with Crippen molar-refractivity contribution in [3.8, 4) is 0 Å². The van der Waals surface area contributed by atoms with Gasteiger partial charge in [0.2, 0.25) is 0 Å². The van der Waals surface area contributed by atoms with E-state index in [1.54, 1.807) is 17.8 Å². The van der Waals surface area contributed by atoms with E-state index in [1.807, 2.05) is 12.1 Å². The molecule has 64 valence electrons. The molecule has 1 aromatic rings. The van der Waals surface area contributed by atoms with Crippen LogP contribution in [0.5, 0.6) is 0 Å². The molecule has 0 bridgehead atoms. The molecule has 2 rings (SSSR count). The van der Waals surface area contributed by atoms with E-state index in [9.17, 15) is 4.79 Å². The van der Waals surface area contributed by atoms with Gasteiger partial charge in [-0.2, -0.15) is 0 Å². The van der Waals surface area contributed by atoms with Crippen LogP contribution in [0.25, 0.3) is 0 Å². The summed E-state index contributed by atoms with van der Waals surface area (Å²) < 4.78 is 1.57. The highest BCUT2D eigenvalue weighted by Gasteiger charge is 2.42. The van der Waals surface area contributed by atoms with Gasteiger partial charge in [-0.1, -0.05) is 6.07 Å². The Morgan fingerprint density at radius 1 is 1.58 bits per heavy atom. The predicted molar refractivity (Wildman–Crippen MR) is 46.8 cm³/mol. The Morgan fingerprint density at radius 2 is 2.25 bits per heavy atom. The predicted octanol–water partition coefficient (Wildman–Crippen LogP) is 0.333. The van der Waals surface area contributed by atoms with Crippen LogP contribution in [-0.2, 0) is 12.6 Å². The van der Waals surface area contributed by atoms with Gasteiger partial charge in [-0.05, 0) is 18.9 Å². The zero-order chi connectivity index (χ0) is 8.77. The van der Waals surface area contributed by atoms with E-state index in [1.165, 1.54) is 0 Å². The van der Waals surface area contributed by atoms with E-state index in [0.717, 1.165) is 18.4 Å². The third-order valence-electron chi connectivity index (χ3n) is 2.45. The van der Waals surface area contributed by atoms with Crippen LogP contribution >= 0.6 is 0 Å². The van der Waals surface area contributed by atoms with Gasteiger partial charge >= 0.3 is 0 Å². The van der Waals surface area contributed by atoms with Crippen molar-refractivity contribution in [3.63, 3.8) is 0 Å². The minimum absolute atomic E-state index is 0.0394. The standard InChI is InChI=1S/C9H12N2O/c1-11-6-2-3-7(8(11)12)9(10)4-5-9/h2-3,6H,4-5,10H2,1H3. The van der Waals surface area contributed by atoms with Crippen molar-refractivity contribution in [2.45, 2.75) is 18.4 Å². The van der Waals surface area contributed by atoms with Crippen LogP contribution in [0.1, 0.15) is 18.4 Å². The summed E-state index contributed by atoms with van der Waals surface area (Å²) in [4.78, 5) is 11.5. The summed E-state index contributed by atoms with van der Waals surface area (Å²) >= 11 is 0. The summed E-state index contributed by atoms with van der Waals surface area (Å²) in [6, 6.07) is 3.69. The fourth-order valence-corrected chi connectivity index (χ4v) is 1.38. The second-order valence-corrected chi connectivity index (χ2v) is 3.49. The van der Waals surface area contributed by atoms with Gasteiger partial charge < -0.3 is 10.3 Å². The SMILES string of the molecule is Cn1cccc(C2(N)CC2)c1=O. The molecule has 0 unspecified atom stereocenters. The van der Waals surface area contributed by atoms with Gasteiger partial charge in [0.15, 0.2) is 0 Å². The molecule has 1 fully saturated rings. The fraction of sp³-hybridized carbons (Fsp3) is 0.444. The van der Waals surface area contributed by atoms with Gasteiger partial charge in [-0.25, -0.2) is 0 Å². The highest BCUT2D eigenvalue weighted by atomic mass is 16.1. The van der Waals surface area contributed by atoms with E-state index < -0.39 is 0 Å². The number of hydrogen-bond donors (Lipinski definition) is 1. The van der Waals surface area contributed by atoms with Gasteiger partial charge in [0.05, 0.1) is 0 Å². The zero-order valence-corrected chi connectivity index (χ0v) is 7.08. The van der Waals surface area contributed by atoms with Crippen molar-refractivity contribution in [2.75, 3.05) is 0 Å². The average Bonchev–Trinajstić information content (AvgIpc) is 2.75. The first kappa shape index (κ1) is 7.55. The number of rotatable bonds is 1. The van der Waals surface area contributed by atoms with Crippen molar-refractivity contribution in [3.05, 3.63) is 34.2 Å².